The molecule has 0 saturated heterocycles. The SMILES string of the molecule is CCOC(=O)[C@@H]1CCc2sc(N)c(C#N)c21. The number of nitrogen functional groups attached to an aromatic ring is 1. The van der Waals surface area contributed by atoms with Crippen LogP contribution in [-0.4, -0.2) is 12.6 Å². The molecule has 0 aliphatic heterocycles. The van der Waals surface area contributed by atoms with Crippen molar-refractivity contribution in [3.8, 4) is 6.07 Å². The normalized spacial score (nSPS) is 17.9. The van der Waals surface area contributed by atoms with Crippen molar-refractivity contribution in [2.75, 3.05) is 12.3 Å². The Balaban J connectivity index is 2.38. The van der Waals surface area contributed by atoms with E-state index in [0.717, 1.165) is 23.3 Å². The Morgan fingerprint density at radius 2 is 2.50 bits per heavy atom. The van der Waals surface area contributed by atoms with E-state index in [9.17, 15) is 4.79 Å². The molecule has 0 unspecified atom stereocenters. The van der Waals surface area contributed by atoms with Crippen LogP contribution in [0.1, 0.15) is 35.3 Å². The topological polar surface area (TPSA) is 76.1 Å². The Morgan fingerprint density at radius 3 is 3.12 bits per heavy atom. The first-order chi connectivity index (χ1) is 7.69. The molecule has 2 N–H and O–H groups in total. The lowest BCUT2D eigenvalue weighted by atomic mass is 10.0. The van der Waals surface area contributed by atoms with E-state index in [-0.39, 0.29) is 11.9 Å². The quantitative estimate of drug-likeness (QED) is 0.794. The van der Waals surface area contributed by atoms with Crippen LogP contribution in [0.5, 0.6) is 0 Å². The number of thiophene rings is 1. The van der Waals surface area contributed by atoms with Crippen molar-refractivity contribution in [1.29, 1.82) is 5.26 Å². The fraction of sp³-hybridized carbons (Fsp3) is 0.455. The number of hydrogen-bond acceptors (Lipinski definition) is 5. The van der Waals surface area contributed by atoms with E-state index in [1.165, 1.54) is 11.3 Å². The van der Waals surface area contributed by atoms with E-state index in [2.05, 4.69) is 6.07 Å². The molecule has 0 amide bonds. The van der Waals surface area contributed by atoms with Crippen molar-refractivity contribution in [3.63, 3.8) is 0 Å². The zero-order valence-corrected chi connectivity index (χ0v) is 9.76. The molecule has 1 aromatic heterocycles. The first kappa shape index (κ1) is 11.0. The van der Waals surface area contributed by atoms with E-state index < -0.39 is 0 Å². The summed E-state index contributed by atoms with van der Waals surface area (Å²) >= 11 is 1.41. The summed E-state index contributed by atoms with van der Waals surface area (Å²) in [5.41, 5.74) is 7.02. The van der Waals surface area contributed by atoms with Gasteiger partial charge in [0, 0.05) is 10.4 Å². The van der Waals surface area contributed by atoms with Gasteiger partial charge in [-0.05, 0) is 19.8 Å². The molecule has 0 saturated carbocycles. The summed E-state index contributed by atoms with van der Waals surface area (Å²) < 4.78 is 5.01. The lowest BCUT2D eigenvalue weighted by Gasteiger charge is -2.09. The van der Waals surface area contributed by atoms with Crippen molar-refractivity contribution in [2.24, 2.45) is 0 Å². The standard InChI is InChI=1S/C11H12N2O2S/c1-2-15-11(14)6-3-4-8-9(6)7(5-12)10(13)16-8/h6H,2-4,13H2,1H3/t6-/m1/s1. The lowest BCUT2D eigenvalue weighted by molar-refractivity contribution is -0.144. The molecule has 0 fully saturated rings. The predicted octanol–water partition coefficient (Wildman–Crippen LogP) is 1.79. The average molecular weight is 236 g/mol. The van der Waals surface area contributed by atoms with E-state index >= 15 is 0 Å². The highest BCUT2D eigenvalue weighted by molar-refractivity contribution is 7.16. The summed E-state index contributed by atoms with van der Waals surface area (Å²) in [6, 6.07) is 2.08. The van der Waals surface area contributed by atoms with E-state index in [4.69, 9.17) is 15.7 Å². The summed E-state index contributed by atoms with van der Waals surface area (Å²) in [4.78, 5) is 12.8. The highest BCUT2D eigenvalue weighted by atomic mass is 32.1. The van der Waals surface area contributed by atoms with Crippen molar-refractivity contribution >= 4 is 22.3 Å². The molecule has 5 heteroatoms. The Morgan fingerprint density at radius 1 is 1.75 bits per heavy atom. The van der Waals surface area contributed by atoms with Crippen LogP contribution in [0.2, 0.25) is 0 Å². The van der Waals surface area contributed by atoms with Gasteiger partial charge in [-0.2, -0.15) is 5.26 Å². The third-order valence-corrected chi connectivity index (χ3v) is 3.84. The van der Waals surface area contributed by atoms with Crippen molar-refractivity contribution in [2.45, 2.75) is 25.7 Å². The number of aryl methyl sites for hydroxylation is 1. The van der Waals surface area contributed by atoms with Gasteiger partial charge < -0.3 is 10.5 Å². The van der Waals surface area contributed by atoms with Crippen molar-refractivity contribution < 1.29 is 9.53 Å². The number of esters is 1. The van der Waals surface area contributed by atoms with Crippen LogP contribution in [0, 0.1) is 11.3 Å². The molecule has 1 atom stereocenters. The Bertz CT molecular complexity index is 473. The maximum Gasteiger partial charge on any atom is 0.313 e. The van der Waals surface area contributed by atoms with Crippen LogP contribution in [0.25, 0.3) is 0 Å². The second-order valence-corrected chi connectivity index (χ2v) is 4.77. The number of hydrogen-bond donors (Lipinski definition) is 1. The average Bonchev–Trinajstić information content (AvgIpc) is 2.75. The first-order valence-corrected chi connectivity index (χ1v) is 5.98. The van der Waals surface area contributed by atoms with E-state index in [1.807, 2.05) is 0 Å². The second kappa shape index (κ2) is 4.14. The summed E-state index contributed by atoms with van der Waals surface area (Å²) in [7, 11) is 0. The van der Waals surface area contributed by atoms with Crippen LogP contribution in [-0.2, 0) is 16.0 Å². The molecule has 0 aromatic carbocycles. The number of ether oxygens (including phenoxy) is 1. The molecule has 1 heterocycles. The van der Waals surface area contributed by atoms with Gasteiger partial charge in [-0.15, -0.1) is 11.3 Å². The Hall–Kier alpha value is -1.54. The molecule has 1 aromatic rings. The predicted molar refractivity (Wildman–Crippen MR) is 61.1 cm³/mol. The fourth-order valence-corrected chi connectivity index (χ4v) is 3.18. The molecule has 0 bridgehead atoms. The molecule has 84 valence electrons. The zero-order chi connectivity index (χ0) is 11.7. The molecule has 2 rings (SSSR count). The number of carbonyl (C=O) groups excluding carboxylic acids is 1. The summed E-state index contributed by atoms with van der Waals surface area (Å²) in [6.07, 6.45) is 1.55. The Kier molecular flexibility index (Phi) is 2.84. The summed E-state index contributed by atoms with van der Waals surface area (Å²) in [5.74, 6) is -0.534. The van der Waals surface area contributed by atoms with Crippen LogP contribution in [0.15, 0.2) is 0 Å². The third kappa shape index (κ3) is 1.55. The van der Waals surface area contributed by atoms with Gasteiger partial charge >= 0.3 is 5.97 Å². The molecular formula is C11H12N2O2S. The lowest BCUT2D eigenvalue weighted by Crippen LogP contribution is -2.14. The van der Waals surface area contributed by atoms with Crippen LogP contribution in [0.3, 0.4) is 0 Å². The fourth-order valence-electron chi connectivity index (χ4n) is 2.08. The number of fused-ring (bicyclic) bond motifs is 1. The van der Waals surface area contributed by atoms with Gasteiger partial charge in [0.25, 0.3) is 0 Å². The highest BCUT2D eigenvalue weighted by Gasteiger charge is 2.35. The number of carbonyl (C=O) groups is 1. The molecule has 0 spiro atoms. The van der Waals surface area contributed by atoms with Crippen molar-refractivity contribution in [3.05, 3.63) is 16.0 Å². The van der Waals surface area contributed by atoms with Crippen LogP contribution < -0.4 is 5.73 Å². The second-order valence-electron chi connectivity index (χ2n) is 3.63. The number of nitrogens with zero attached hydrogens (tertiary/aromatic N) is 1. The van der Waals surface area contributed by atoms with Gasteiger partial charge in [0.15, 0.2) is 0 Å². The van der Waals surface area contributed by atoms with E-state index in [1.54, 1.807) is 6.92 Å². The van der Waals surface area contributed by atoms with Gasteiger partial charge in [-0.25, -0.2) is 0 Å². The Labute approximate surface area is 97.6 Å². The smallest absolute Gasteiger partial charge is 0.313 e. The number of nitrogens with two attached hydrogens (primary N) is 1. The monoisotopic (exact) mass is 236 g/mol. The maximum atomic E-state index is 11.7. The van der Waals surface area contributed by atoms with Crippen molar-refractivity contribution in [1.82, 2.24) is 0 Å². The maximum absolute atomic E-state index is 11.7. The van der Waals surface area contributed by atoms with Gasteiger partial charge in [-0.1, -0.05) is 0 Å². The minimum Gasteiger partial charge on any atom is -0.466 e. The largest absolute Gasteiger partial charge is 0.466 e. The minimum absolute atomic E-state index is 0.240. The number of anilines is 1. The van der Waals surface area contributed by atoms with Gasteiger partial charge in [0.1, 0.15) is 11.1 Å². The first-order valence-electron chi connectivity index (χ1n) is 5.16. The zero-order valence-electron chi connectivity index (χ0n) is 8.95. The van der Waals surface area contributed by atoms with Crippen LogP contribution >= 0.6 is 11.3 Å². The van der Waals surface area contributed by atoms with Crippen LogP contribution in [0.4, 0.5) is 5.00 Å². The number of nitriles is 1. The highest BCUT2D eigenvalue weighted by Crippen LogP contribution is 2.43. The minimum atomic E-state index is -0.293. The molecule has 1 aliphatic carbocycles. The molecule has 16 heavy (non-hydrogen) atoms. The molecule has 4 nitrogen and oxygen atoms in total. The number of rotatable bonds is 2. The van der Waals surface area contributed by atoms with E-state index in [0.29, 0.717) is 17.2 Å². The van der Waals surface area contributed by atoms with Gasteiger partial charge in [0.05, 0.1) is 18.1 Å². The molecule has 0 radical (unpaired) electrons. The summed E-state index contributed by atoms with van der Waals surface area (Å²) in [5, 5.41) is 9.54. The van der Waals surface area contributed by atoms with Gasteiger partial charge in [-0.3, -0.25) is 4.79 Å². The van der Waals surface area contributed by atoms with Gasteiger partial charge in [0.2, 0.25) is 0 Å². The molecular weight excluding hydrogens is 224 g/mol. The molecule has 1 aliphatic rings. The third-order valence-electron chi connectivity index (χ3n) is 2.74. The summed E-state index contributed by atoms with van der Waals surface area (Å²) in [6.45, 7) is 2.15.